The van der Waals surface area contributed by atoms with Gasteiger partial charge in [-0.1, -0.05) is 18.2 Å². The molecule has 0 amide bonds. The number of hydrogen-bond donors (Lipinski definition) is 1. The van der Waals surface area contributed by atoms with E-state index in [0.29, 0.717) is 13.1 Å². The molecule has 0 radical (unpaired) electrons. The van der Waals surface area contributed by atoms with Crippen molar-refractivity contribution in [3.63, 3.8) is 0 Å². The minimum atomic E-state index is -4.36. The molecule has 2 aromatic rings. The molecule has 0 aliphatic carbocycles. The van der Waals surface area contributed by atoms with Gasteiger partial charge in [0.25, 0.3) is 0 Å². The van der Waals surface area contributed by atoms with Gasteiger partial charge in [0.15, 0.2) is 0 Å². The van der Waals surface area contributed by atoms with Gasteiger partial charge in [-0.05, 0) is 48.2 Å². The Labute approximate surface area is 144 Å². The largest absolute Gasteiger partial charge is 0.416 e. The summed E-state index contributed by atoms with van der Waals surface area (Å²) in [7, 11) is -3.81. The van der Waals surface area contributed by atoms with Gasteiger partial charge >= 0.3 is 6.18 Å². The van der Waals surface area contributed by atoms with E-state index < -0.39 is 21.8 Å². The number of rotatable bonds is 3. The molecular weight excluding hydrogens is 353 g/mol. The summed E-state index contributed by atoms with van der Waals surface area (Å²) in [6.07, 6.45) is -2.65. The molecule has 0 saturated heterocycles. The van der Waals surface area contributed by atoms with Gasteiger partial charge in [0.2, 0.25) is 10.0 Å². The summed E-state index contributed by atoms with van der Waals surface area (Å²) in [4.78, 5) is 2.00. The van der Waals surface area contributed by atoms with E-state index in [4.69, 9.17) is 5.14 Å². The maximum atomic E-state index is 12.7. The van der Waals surface area contributed by atoms with Crippen LogP contribution in [0, 0.1) is 0 Å². The zero-order valence-corrected chi connectivity index (χ0v) is 14.1. The maximum Gasteiger partial charge on any atom is 0.416 e. The molecule has 0 aromatic heterocycles. The van der Waals surface area contributed by atoms with E-state index in [0.717, 1.165) is 41.8 Å². The Hall–Kier alpha value is -2.06. The Morgan fingerprint density at radius 1 is 1.08 bits per heavy atom. The standard InChI is InChI=1S/C17H17F3N2O2S/c18-17(19,20)14-6-3-12(4-7-14)11-22-9-1-2-13-5-8-15(10-16(13)22)25(21,23)24/h3-8,10H,1-2,9,11H2,(H2,21,23,24). The van der Waals surface area contributed by atoms with Crippen molar-refractivity contribution >= 4 is 15.7 Å². The number of sulfonamides is 1. The van der Waals surface area contributed by atoms with Crippen molar-refractivity contribution in [3.8, 4) is 0 Å². The number of nitrogens with zero attached hydrogens (tertiary/aromatic N) is 1. The first-order chi connectivity index (χ1) is 11.6. The van der Waals surface area contributed by atoms with Crippen LogP contribution in [0.1, 0.15) is 23.1 Å². The number of primary sulfonamides is 1. The van der Waals surface area contributed by atoms with E-state index in [1.807, 2.05) is 4.90 Å². The van der Waals surface area contributed by atoms with Crippen molar-refractivity contribution in [2.75, 3.05) is 11.4 Å². The minimum Gasteiger partial charge on any atom is -0.367 e. The smallest absolute Gasteiger partial charge is 0.367 e. The third kappa shape index (κ3) is 3.96. The SMILES string of the molecule is NS(=O)(=O)c1ccc2c(c1)N(Cc1ccc(C(F)(F)F)cc1)CCC2. The van der Waals surface area contributed by atoms with Crippen molar-refractivity contribution in [1.82, 2.24) is 0 Å². The highest BCUT2D eigenvalue weighted by molar-refractivity contribution is 7.89. The fraction of sp³-hybridized carbons (Fsp3) is 0.294. The van der Waals surface area contributed by atoms with E-state index >= 15 is 0 Å². The van der Waals surface area contributed by atoms with Gasteiger partial charge < -0.3 is 4.90 Å². The summed E-state index contributed by atoms with van der Waals surface area (Å²) in [5.74, 6) is 0. The van der Waals surface area contributed by atoms with Crippen LogP contribution >= 0.6 is 0 Å². The van der Waals surface area contributed by atoms with E-state index in [1.54, 1.807) is 6.07 Å². The third-order valence-electron chi connectivity index (χ3n) is 4.25. The number of alkyl halides is 3. The molecular formula is C17H17F3N2O2S. The second-order valence-electron chi connectivity index (χ2n) is 6.06. The highest BCUT2D eigenvalue weighted by Crippen LogP contribution is 2.32. The van der Waals surface area contributed by atoms with Crippen molar-refractivity contribution in [2.45, 2.75) is 30.5 Å². The highest BCUT2D eigenvalue weighted by atomic mass is 32.2. The molecule has 1 heterocycles. The molecule has 0 fully saturated rings. The number of nitrogens with two attached hydrogens (primary N) is 1. The van der Waals surface area contributed by atoms with Crippen LogP contribution in [-0.2, 0) is 29.2 Å². The molecule has 0 unspecified atom stereocenters. The molecule has 25 heavy (non-hydrogen) atoms. The number of benzene rings is 2. The molecule has 8 heteroatoms. The summed E-state index contributed by atoms with van der Waals surface area (Å²) in [6, 6.07) is 9.76. The van der Waals surface area contributed by atoms with Crippen LogP contribution in [0.3, 0.4) is 0 Å². The lowest BCUT2D eigenvalue weighted by Crippen LogP contribution is -2.29. The Balaban J connectivity index is 1.88. The van der Waals surface area contributed by atoms with Gasteiger partial charge in [0.1, 0.15) is 0 Å². The van der Waals surface area contributed by atoms with Crippen LogP contribution in [0.5, 0.6) is 0 Å². The molecule has 0 spiro atoms. The number of anilines is 1. The first-order valence-electron chi connectivity index (χ1n) is 7.71. The summed E-state index contributed by atoms with van der Waals surface area (Å²) < 4.78 is 61.1. The Morgan fingerprint density at radius 3 is 2.36 bits per heavy atom. The fourth-order valence-electron chi connectivity index (χ4n) is 2.99. The minimum absolute atomic E-state index is 0.0329. The van der Waals surface area contributed by atoms with Gasteiger partial charge in [-0.15, -0.1) is 0 Å². The van der Waals surface area contributed by atoms with Crippen LogP contribution in [0.2, 0.25) is 0 Å². The summed E-state index contributed by atoms with van der Waals surface area (Å²) in [6.45, 7) is 1.10. The third-order valence-corrected chi connectivity index (χ3v) is 5.17. The molecule has 2 aromatic carbocycles. The van der Waals surface area contributed by atoms with Crippen LogP contribution < -0.4 is 10.0 Å². The predicted octanol–water partition coefficient (Wildman–Crippen LogP) is 3.31. The highest BCUT2D eigenvalue weighted by Gasteiger charge is 2.30. The number of halogens is 3. The predicted molar refractivity (Wildman–Crippen MR) is 88.6 cm³/mol. The van der Waals surface area contributed by atoms with Crippen LogP contribution in [0.15, 0.2) is 47.4 Å². The van der Waals surface area contributed by atoms with Gasteiger partial charge in [0, 0.05) is 18.8 Å². The Morgan fingerprint density at radius 2 is 1.76 bits per heavy atom. The maximum absolute atomic E-state index is 12.7. The summed E-state index contributed by atoms with van der Waals surface area (Å²) >= 11 is 0. The molecule has 1 aliphatic rings. The van der Waals surface area contributed by atoms with Gasteiger partial charge in [-0.2, -0.15) is 13.2 Å². The molecule has 2 N–H and O–H groups in total. The van der Waals surface area contributed by atoms with Crippen LogP contribution in [0.25, 0.3) is 0 Å². The molecule has 0 bridgehead atoms. The molecule has 134 valence electrons. The van der Waals surface area contributed by atoms with Crippen molar-refractivity contribution < 1.29 is 21.6 Å². The Bertz CT molecular complexity index is 878. The Kier molecular flexibility index (Phi) is 4.51. The average molecular weight is 370 g/mol. The normalized spacial score (nSPS) is 15.1. The van der Waals surface area contributed by atoms with Gasteiger partial charge in [-0.25, -0.2) is 13.6 Å². The van der Waals surface area contributed by atoms with E-state index in [-0.39, 0.29) is 4.90 Å². The van der Waals surface area contributed by atoms with E-state index in [2.05, 4.69) is 0 Å². The van der Waals surface area contributed by atoms with E-state index in [1.165, 1.54) is 24.3 Å². The number of hydrogen-bond acceptors (Lipinski definition) is 3. The molecule has 3 rings (SSSR count). The lowest BCUT2D eigenvalue weighted by atomic mass is 10.0. The molecule has 0 atom stereocenters. The lowest BCUT2D eigenvalue weighted by Gasteiger charge is -2.31. The molecule has 1 aliphatic heterocycles. The zero-order valence-electron chi connectivity index (χ0n) is 13.3. The first-order valence-corrected chi connectivity index (χ1v) is 9.26. The van der Waals surface area contributed by atoms with Gasteiger partial charge in [-0.3, -0.25) is 0 Å². The summed E-state index contributed by atoms with van der Waals surface area (Å²) in [5.41, 5.74) is 1.80. The second kappa shape index (κ2) is 6.34. The van der Waals surface area contributed by atoms with Crippen LogP contribution in [0.4, 0.5) is 18.9 Å². The number of fused-ring (bicyclic) bond motifs is 1. The van der Waals surface area contributed by atoms with Crippen molar-refractivity contribution in [3.05, 3.63) is 59.2 Å². The fourth-order valence-corrected chi connectivity index (χ4v) is 3.52. The monoisotopic (exact) mass is 370 g/mol. The number of aryl methyl sites for hydroxylation is 1. The zero-order chi connectivity index (χ0) is 18.2. The average Bonchev–Trinajstić information content (AvgIpc) is 2.53. The molecule has 4 nitrogen and oxygen atoms in total. The first kappa shape index (κ1) is 17.8. The second-order valence-corrected chi connectivity index (χ2v) is 7.62. The van der Waals surface area contributed by atoms with Crippen molar-refractivity contribution in [1.29, 1.82) is 0 Å². The van der Waals surface area contributed by atoms with Gasteiger partial charge in [0.05, 0.1) is 10.5 Å². The van der Waals surface area contributed by atoms with Crippen molar-refractivity contribution in [2.24, 2.45) is 5.14 Å². The van der Waals surface area contributed by atoms with Crippen LogP contribution in [-0.4, -0.2) is 15.0 Å². The topological polar surface area (TPSA) is 63.4 Å². The van der Waals surface area contributed by atoms with E-state index in [9.17, 15) is 21.6 Å². The summed E-state index contributed by atoms with van der Waals surface area (Å²) in [5, 5.41) is 5.19. The molecule has 0 saturated carbocycles. The quantitative estimate of drug-likeness (QED) is 0.902. The lowest BCUT2D eigenvalue weighted by molar-refractivity contribution is -0.137.